The van der Waals surface area contributed by atoms with Gasteiger partial charge < -0.3 is 10.1 Å². The molecular weight excluding hydrogens is 326 g/mol. The van der Waals surface area contributed by atoms with Crippen LogP contribution in [0.3, 0.4) is 0 Å². The van der Waals surface area contributed by atoms with E-state index in [-0.39, 0.29) is 5.91 Å². The summed E-state index contributed by atoms with van der Waals surface area (Å²) >= 11 is 6.05. The summed E-state index contributed by atoms with van der Waals surface area (Å²) in [7, 11) is 0. The van der Waals surface area contributed by atoms with Crippen molar-refractivity contribution in [3.8, 4) is 0 Å². The smallest absolute Gasteiger partial charge is 0.257 e. The van der Waals surface area contributed by atoms with Crippen molar-refractivity contribution >= 4 is 29.4 Å². The first-order chi connectivity index (χ1) is 11.7. The van der Waals surface area contributed by atoms with E-state index < -0.39 is 0 Å². The molecule has 1 amide bonds. The molecule has 1 aliphatic rings. The molecule has 0 atom stereocenters. The Hall–Kier alpha value is -2.37. The van der Waals surface area contributed by atoms with Crippen LogP contribution in [0, 0.1) is 0 Å². The molecule has 0 bridgehead atoms. The number of nitrogens with zero attached hydrogens (tertiary/aromatic N) is 2. The van der Waals surface area contributed by atoms with Crippen molar-refractivity contribution in [1.82, 2.24) is 5.01 Å². The maximum absolute atomic E-state index is 12.3. The van der Waals surface area contributed by atoms with Crippen LogP contribution >= 0.6 is 11.6 Å². The summed E-state index contributed by atoms with van der Waals surface area (Å²) < 4.78 is 5.29. The van der Waals surface area contributed by atoms with E-state index in [0.717, 1.165) is 18.7 Å². The van der Waals surface area contributed by atoms with E-state index in [0.29, 0.717) is 29.5 Å². The van der Waals surface area contributed by atoms with Crippen LogP contribution < -0.4 is 5.32 Å². The largest absolute Gasteiger partial charge is 0.378 e. The Morgan fingerprint density at radius 2 is 1.96 bits per heavy atom. The Bertz CT molecular complexity index is 743. The van der Waals surface area contributed by atoms with E-state index in [2.05, 4.69) is 10.4 Å². The monoisotopic (exact) mass is 343 g/mol. The minimum Gasteiger partial charge on any atom is -0.378 e. The van der Waals surface area contributed by atoms with Gasteiger partial charge in [-0.15, -0.1) is 0 Å². The molecule has 0 aliphatic carbocycles. The zero-order valence-electron chi connectivity index (χ0n) is 13.1. The summed E-state index contributed by atoms with van der Waals surface area (Å²) in [6.07, 6.45) is 1.79. The summed E-state index contributed by atoms with van der Waals surface area (Å²) in [4.78, 5) is 12.3. The highest BCUT2D eigenvalue weighted by Crippen LogP contribution is 2.17. The normalized spacial score (nSPS) is 14.8. The number of ether oxygens (including phenoxy) is 1. The van der Waals surface area contributed by atoms with Gasteiger partial charge in [0.25, 0.3) is 5.91 Å². The third-order valence-electron chi connectivity index (χ3n) is 3.62. The average molecular weight is 344 g/mol. The SMILES string of the molecule is O=C(Nc1cccc(/C=N/N2CCOCC2)c1)c1ccccc1Cl. The zero-order valence-corrected chi connectivity index (χ0v) is 13.9. The molecule has 1 saturated heterocycles. The van der Waals surface area contributed by atoms with Crippen LogP contribution in [0.25, 0.3) is 0 Å². The zero-order chi connectivity index (χ0) is 16.8. The summed E-state index contributed by atoms with van der Waals surface area (Å²) in [6.45, 7) is 2.98. The number of hydrazone groups is 1. The Balaban J connectivity index is 1.68. The van der Waals surface area contributed by atoms with Crippen molar-refractivity contribution in [1.29, 1.82) is 0 Å². The van der Waals surface area contributed by atoms with E-state index >= 15 is 0 Å². The molecule has 0 aromatic heterocycles. The van der Waals surface area contributed by atoms with E-state index in [9.17, 15) is 4.79 Å². The lowest BCUT2D eigenvalue weighted by Gasteiger charge is -2.23. The second kappa shape index (κ2) is 7.95. The maximum Gasteiger partial charge on any atom is 0.257 e. The molecule has 2 aromatic rings. The first-order valence-corrected chi connectivity index (χ1v) is 8.13. The number of carbonyl (C=O) groups excluding carboxylic acids is 1. The average Bonchev–Trinajstić information content (AvgIpc) is 2.61. The summed E-state index contributed by atoms with van der Waals surface area (Å²) in [6, 6.07) is 14.5. The Kier molecular flexibility index (Phi) is 5.46. The highest BCUT2D eigenvalue weighted by atomic mass is 35.5. The number of halogens is 1. The molecule has 6 heteroatoms. The van der Waals surface area contributed by atoms with Gasteiger partial charge in [-0.2, -0.15) is 5.10 Å². The molecule has 124 valence electrons. The fraction of sp³-hybridized carbons (Fsp3) is 0.222. The standard InChI is InChI=1S/C18H18ClN3O2/c19-17-7-2-1-6-16(17)18(23)21-15-5-3-4-14(12-15)13-20-22-8-10-24-11-9-22/h1-7,12-13H,8-11H2,(H,21,23)/b20-13+. The topological polar surface area (TPSA) is 53.9 Å². The summed E-state index contributed by atoms with van der Waals surface area (Å²) in [5.41, 5.74) is 2.07. The minimum absolute atomic E-state index is 0.233. The molecule has 5 nitrogen and oxygen atoms in total. The fourth-order valence-corrected chi connectivity index (χ4v) is 2.58. The molecule has 0 saturated carbocycles. The lowest BCUT2D eigenvalue weighted by molar-refractivity contribution is 0.0397. The van der Waals surface area contributed by atoms with Crippen LogP contribution in [-0.2, 0) is 4.74 Å². The fourth-order valence-electron chi connectivity index (χ4n) is 2.36. The van der Waals surface area contributed by atoms with Crippen molar-refractivity contribution in [2.45, 2.75) is 0 Å². The van der Waals surface area contributed by atoms with Gasteiger partial charge in [0.2, 0.25) is 0 Å². The van der Waals surface area contributed by atoms with E-state index in [1.165, 1.54) is 0 Å². The van der Waals surface area contributed by atoms with Gasteiger partial charge in [-0.05, 0) is 29.8 Å². The predicted molar refractivity (Wildman–Crippen MR) is 95.8 cm³/mol. The first kappa shape index (κ1) is 16.5. The number of anilines is 1. The van der Waals surface area contributed by atoms with Crippen molar-refractivity contribution < 1.29 is 9.53 Å². The third kappa shape index (κ3) is 4.34. The highest BCUT2D eigenvalue weighted by Gasteiger charge is 2.10. The van der Waals surface area contributed by atoms with Crippen molar-refractivity contribution in [3.63, 3.8) is 0 Å². The molecule has 2 aromatic carbocycles. The van der Waals surface area contributed by atoms with Crippen LogP contribution in [0.4, 0.5) is 5.69 Å². The van der Waals surface area contributed by atoms with E-state index in [4.69, 9.17) is 16.3 Å². The number of nitrogens with one attached hydrogen (secondary N) is 1. The third-order valence-corrected chi connectivity index (χ3v) is 3.95. The van der Waals surface area contributed by atoms with E-state index in [1.54, 1.807) is 30.5 Å². The molecule has 0 radical (unpaired) electrons. The highest BCUT2D eigenvalue weighted by molar-refractivity contribution is 6.34. The minimum atomic E-state index is -0.233. The lowest BCUT2D eigenvalue weighted by atomic mass is 10.2. The molecule has 1 fully saturated rings. The second-order valence-electron chi connectivity index (χ2n) is 5.37. The van der Waals surface area contributed by atoms with Gasteiger partial charge >= 0.3 is 0 Å². The number of carbonyl (C=O) groups is 1. The number of hydrogen-bond acceptors (Lipinski definition) is 4. The van der Waals surface area contributed by atoms with Crippen molar-refractivity contribution in [2.75, 3.05) is 31.6 Å². The summed E-state index contributed by atoms with van der Waals surface area (Å²) in [5.74, 6) is -0.233. The molecule has 1 heterocycles. The number of rotatable bonds is 4. The number of hydrogen-bond donors (Lipinski definition) is 1. The van der Waals surface area contributed by atoms with Gasteiger partial charge in [-0.3, -0.25) is 9.80 Å². The van der Waals surface area contributed by atoms with Gasteiger partial charge in [0.15, 0.2) is 0 Å². The quantitative estimate of drug-likeness (QED) is 0.867. The predicted octanol–water partition coefficient (Wildman–Crippen LogP) is 3.26. The number of benzene rings is 2. The Labute approximate surface area is 145 Å². The number of morpholine rings is 1. The van der Waals surface area contributed by atoms with Crippen molar-refractivity contribution in [2.24, 2.45) is 5.10 Å². The Morgan fingerprint density at radius 3 is 2.75 bits per heavy atom. The molecule has 24 heavy (non-hydrogen) atoms. The molecule has 1 N–H and O–H groups in total. The number of amides is 1. The van der Waals surface area contributed by atoms with Crippen LogP contribution in [-0.4, -0.2) is 43.4 Å². The van der Waals surface area contributed by atoms with Gasteiger partial charge in [-0.1, -0.05) is 35.9 Å². The molecule has 0 spiro atoms. The van der Waals surface area contributed by atoms with E-state index in [1.807, 2.05) is 29.3 Å². The first-order valence-electron chi connectivity index (χ1n) is 7.75. The molecule has 3 rings (SSSR count). The van der Waals surface area contributed by atoms with Gasteiger partial charge in [0.05, 0.1) is 43.1 Å². The Morgan fingerprint density at radius 1 is 1.17 bits per heavy atom. The van der Waals surface area contributed by atoms with Gasteiger partial charge in [0.1, 0.15) is 0 Å². The van der Waals surface area contributed by atoms with Gasteiger partial charge in [0, 0.05) is 5.69 Å². The van der Waals surface area contributed by atoms with Crippen LogP contribution in [0.15, 0.2) is 53.6 Å². The molecule has 1 aliphatic heterocycles. The van der Waals surface area contributed by atoms with Crippen LogP contribution in [0.5, 0.6) is 0 Å². The molecular formula is C18H18ClN3O2. The second-order valence-corrected chi connectivity index (χ2v) is 5.78. The van der Waals surface area contributed by atoms with Gasteiger partial charge in [-0.25, -0.2) is 0 Å². The lowest BCUT2D eigenvalue weighted by Crippen LogP contribution is -2.32. The van der Waals surface area contributed by atoms with Crippen molar-refractivity contribution in [3.05, 3.63) is 64.7 Å². The van der Waals surface area contributed by atoms with Crippen LogP contribution in [0.2, 0.25) is 5.02 Å². The summed E-state index contributed by atoms with van der Waals surface area (Å²) in [5, 5.41) is 9.70. The molecule has 0 unspecified atom stereocenters. The maximum atomic E-state index is 12.3. The van der Waals surface area contributed by atoms with Crippen LogP contribution in [0.1, 0.15) is 15.9 Å².